The van der Waals surface area contributed by atoms with Gasteiger partial charge in [-0.3, -0.25) is 0 Å². The van der Waals surface area contributed by atoms with Gasteiger partial charge in [-0.05, 0) is 44.9 Å². The Morgan fingerprint density at radius 2 is 1.95 bits per heavy atom. The second kappa shape index (κ2) is 6.10. The first-order valence-corrected chi connectivity index (χ1v) is 8.34. The molecule has 21 heavy (non-hydrogen) atoms. The van der Waals surface area contributed by atoms with Crippen LogP contribution in [0.4, 0.5) is 4.39 Å². The van der Waals surface area contributed by atoms with Crippen molar-refractivity contribution < 1.29 is 12.8 Å². The molecule has 1 aromatic carbocycles. The summed E-state index contributed by atoms with van der Waals surface area (Å²) in [7, 11) is -3.82. The minimum atomic E-state index is -3.82. The smallest absolute Gasteiger partial charge is 0.225 e. The van der Waals surface area contributed by atoms with Crippen molar-refractivity contribution in [1.82, 2.24) is 9.84 Å². The first-order valence-electron chi connectivity index (χ1n) is 6.85. The number of nitrogens with one attached hydrogen (secondary N) is 1. The van der Waals surface area contributed by atoms with Gasteiger partial charge in [0.25, 0.3) is 10.0 Å². The van der Waals surface area contributed by atoms with Crippen molar-refractivity contribution in [3.63, 3.8) is 0 Å². The van der Waals surface area contributed by atoms with Gasteiger partial charge >= 0.3 is 0 Å². The van der Waals surface area contributed by atoms with Crippen molar-refractivity contribution in [3.8, 4) is 6.07 Å². The van der Waals surface area contributed by atoms with E-state index in [9.17, 15) is 12.8 Å². The van der Waals surface area contributed by atoms with Crippen LogP contribution in [0.5, 0.6) is 0 Å². The number of piperidine rings is 1. The zero-order valence-corrected chi connectivity index (χ0v) is 12.8. The molecule has 0 bridgehead atoms. The zero-order chi connectivity index (χ0) is 15.6. The van der Waals surface area contributed by atoms with E-state index in [1.807, 2.05) is 13.8 Å². The maximum absolute atomic E-state index is 13.3. The Bertz CT molecular complexity index is 659. The van der Waals surface area contributed by atoms with Crippen molar-refractivity contribution >= 4 is 10.0 Å². The van der Waals surface area contributed by atoms with Crippen molar-refractivity contribution in [2.45, 2.75) is 50.1 Å². The van der Waals surface area contributed by atoms with Gasteiger partial charge in [-0.15, -0.1) is 4.83 Å². The molecular formula is C14H18FN3O2S. The Morgan fingerprint density at radius 1 is 1.33 bits per heavy atom. The summed E-state index contributed by atoms with van der Waals surface area (Å²) in [5, 5.41) is 10.5. The van der Waals surface area contributed by atoms with E-state index < -0.39 is 15.8 Å². The van der Waals surface area contributed by atoms with Gasteiger partial charge in [-0.1, -0.05) is 6.42 Å². The third-order valence-electron chi connectivity index (χ3n) is 3.79. The quantitative estimate of drug-likeness (QED) is 0.928. The predicted molar refractivity (Wildman–Crippen MR) is 76.1 cm³/mol. The van der Waals surface area contributed by atoms with Gasteiger partial charge in [0.2, 0.25) is 0 Å². The third-order valence-corrected chi connectivity index (χ3v) is 5.11. The Hall–Kier alpha value is -1.49. The maximum Gasteiger partial charge on any atom is 0.253 e. The summed E-state index contributed by atoms with van der Waals surface area (Å²) < 4.78 is 38.1. The highest BCUT2D eigenvalue weighted by atomic mass is 32.2. The SMILES string of the molecule is CC1CCCC(C)N1NS(=O)(=O)c1ccc(F)c(C#N)c1. The van der Waals surface area contributed by atoms with E-state index in [0.717, 1.165) is 37.5 Å². The molecule has 2 atom stereocenters. The Labute approximate surface area is 124 Å². The number of rotatable bonds is 3. The lowest BCUT2D eigenvalue weighted by atomic mass is 10.0. The van der Waals surface area contributed by atoms with Gasteiger partial charge in [-0.2, -0.15) is 5.26 Å². The topological polar surface area (TPSA) is 73.2 Å². The monoisotopic (exact) mass is 311 g/mol. The van der Waals surface area contributed by atoms with Gasteiger partial charge in [0.1, 0.15) is 11.9 Å². The Morgan fingerprint density at radius 3 is 2.52 bits per heavy atom. The van der Waals surface area contributed by atoms with Crippen LogP contribution in [-0.2, 0) is 10.0 Å². The molecule has 0 amide bonds. The van der Waals surface area contributed by atoms with Crippen LogP contribution in [-0.4, -0.2) is 25.5 Å². The Kier molecular flexibility index (Phi) is 4.61. The van der Waals surface area contributed by atoms with Gasteiger partial charge in [0.05, 0.1) is 10.5 Å². The van der Waals surface area contributed by atoms with Crippen LogP contribution < -0.4 is 4.83 Å². The minimum absolute atomic E-state index is 0.0967. The minimum Gasteiger partial charge on any atom is -0.225 e. The summed E-state index contributed by atoms with van der Waals surface area (Å²) in [6.45, 7) is 3.92. The number of hydrogen-bond acceptors (Lipinski definition) is 4. The average molecular weight is 311 g/mol. The second-order valence-corrected chi connectivity index (χ2v) is 7.05. The van der Waals surface area contributed by atoms with Crippen LogP contribution in [0.25, 0.3) is 0 Å². The molecule has 1 aromatic rings. The lowest BCUT2D eigenvalue weighted by molar-refractivity contribution is 0.0790. The summed E-state index contributed by atoms with van der Waals surface area (Å²) in [6, 6.07) is 5.05. The summed E-state index contributed by atoms with van der Waals surface area (Å²) in [5.74, 6) is -0.726. The van der Waals surface area contributed by atoms with E-state index >= 15 is 0 Å². The molecule has 1 aliphatic rings. The van der Waals surface area contributed by atoms with Crippen LogP contribution >= 0.6 is 0 Å². The van der Waals surface area contributed by atoms with Crippen LogP contribution in [0.15, 0.2) is 23.1 Å². The Balaban J connectivity index is 2.28. The number of nitrogens with zero attached hydrogens (tertiary/aromatic N) is 2. The van der Waals surface area contributed by atoms with Gasteiger partial charge in [-0.25, -0.2) is 17.8 Å². The first-order chi connectivity index (χ1) is 9.85. The summed E-state index contributed by atoms with van der Waals surface area (Å²) in [5.41, 5.74) is -0.280. The van der Waals surface area contributed by atoms with Crippen LogP contribution in [0.1, 0.15) is 38.7 Å². The van der Waals surface area contributed by atoms with Crippen LogP contribution in [0, 0.1) is 17.1 Å². The van der Waals surface area contributed by atoms with Crippen LogP contribution in [0.3, 0.4) is 0 Å². The summed E-state index contributed by atoms with van der Waals surface area (Å²) >= 11 is 0. The molecule has 0 aliphatic carbocycles. The van der Waals surface area contributed by atoms with Crippen molar-refractivity contribution in [1.29, 1.82) is 5.26 Å². The number of hydrogen-bond donors (Lipinski definition) is 1. The fraction of sp³-hybridized carbons (Fsp3) is 0.500. The fourth-order valence-corrected chi connectivity index (χ4v) is 3.81. The number of sulfonamides is 1. The lowest BCUT2D eigenvalue weighted by Crippen LogP contribution is -2.53. The van der Waals surface area contributed by atoms with Crippen molar-refractivity contribution in [2.75, 3.05) is 0 Å². The highest BCUT2D eigenvalue weighted by Gasteiger charge is 2.29. The molecule has 0 saturated carbocycles. The lowest BCUT2D eigenvalue weighted by Gasteiger charge is -2.38. The maximum atomic E-state index is 13.3. The molecule has 1 saturated heterocycles. The van der Waals surface area contributed by atoms with Gasteiger partial charge in [0.15, 0.2) is 0 Å². The van der Waals surface area contributed by atoms with Crippen LogP contribution in [0.2, 0.25) is 0 Å². The normalized spacial score (nSPS) is 23.7. The average Bonchev–Trinajstić information content (AvgIpc) is 2.43. The molecule has 1 heterocycles. The van der Waals surface area contributed by atoms with E-state index in [1.54, 1.807) is 11.1 Å². The van der Waals surface area contributed by atoms with E-state index in [1.165, 1.54) is 0 Å². The number of hydrazine groups is 1. The summed E-state index contributed by atoms with van der Waals surface area (Å²) in [6.07, 6.45) is 2.90. The van der Waals surface area contributed by atoms with Crippen molar-refractivity contribution in [2.24, 2.45) is 0 Å². The number of nitriles is 1. The van der Waals surface area contributed by atoms with Crippen molar-refractivity contribution in [3.05, 3.63) is 29.6 Å². The standard InChI is InChI=1S/C14H18FN3O2S/c1-10-4-3-5-11(2)18(10)17-21(19,20)13-6-7-14(15)12(8-13)9-16/h6-8,10-11,17H,3-5H2,1-2H3. The predicted octanol–water partition coefficient (Wildman–Crippen LogP) is 2.15. The highest BCUT2D eigenvalue weighted by molar-refractivity contribution is 7.89. The summed E-state index contributed by atoms with van der Waals surface area (Å²) in [4.78, 5) is 2.45. The van der Waals surface area contributed by atoms with E-state index in [-0.39, 0.29) is 22.5 Å². The second-order valence-electron chi connectivity index (χ2n) is 5.38. The molecule has 1 aliphatic heterocycles. The highest BCUT2D eigenvalue weighted by Crippen LogP contribution is 2.22. The molecule has 0 radical (unpaired) electrons. The first kappa shape index (κ1) is 15.9. The zero-order valence-electron chi connectivity index (χ0n) is 12.0. The molecule has 114 valence electrons. The van der Waals surface area contributed by atoms with E-state index in [0.29, 0.717) is 0 Å². The third kappa shape index (κ3) is 3.40. The van der Waals surface area contributed by atoms with E-state index in [4.69, 9.17) is 5.26 Å². The molecule has 7 heteroatoms. The number of halogens is 1. The molecule has 1 fully saturated rings. The fourth-order valence-electron chi connectivity index (χ4n) is 2.55. The van der Waals surface area contributed by atoms with E-state index in [2.05, 4.69) is 4.83 Å². The van der Waals surface area contributed by atoms with Gasteiger partial charge < -0.3 is 0 Å². The van der Waals surface area contributed by atoms with Gasteiger partial charge in [0, 0.05) is 12.1 Å². The molecule has 2 unspecified atom stereocenters. The molecular weight excluding hydrogens is 293 g/mol. The molecule has 5 nitrogen and oxygen atoms in total. The molecule has 1 N–H and O–H groups in total. The molecule has 0 aromatic heterocycles. The molecule has 2 rings (SSSR count). The number of benzene rings is 1. The largest absolute Gasteiger partial charge is 0.253 e. The molecule has 0 spiro atoms.